The third-order valence-corrected chi connectivity index (χ3v) is 4.04. The van der Waals surface area contributed by atoms with E-state index in [4.69, 9.17) is 10.8 Å². The Morgan fingerprint density at radius 3 is 2.00 bits per heavy atom. The average molecular weight is 341 g/mol. The molecule has 2 aromatic carbocycles. The molecule has 0 amide bonds. The highest BCUT2D eigenvalue weighted by Crippen LogP contribution is 2.24. The Hall–Kier alpha value is -2.29. The third kappa shape index (κ3) is 9.55. The van der Waals surface area contributed by atoms with Gasteiger partial charge in [-0.15, -0.1) is 0 Å². The maximum Gasteiger partial charge on any atom is 0.303 e. The Bertz CT molecular complexity index is 596. The van der Waals surface area contributed by atoms with E-state index in [1.807, 2.05) is 42.5 Å². The van der Waals surface area contributed by atoms with E-state index in [9.17, 15) is 4.79 Å². The molecule has 25 heavy (non-hydrogen) atoms. The summed E-state index contributed by atoms with van der Waals surface area (Å²) in [7, 11) is 0. The van der Waals surface area contributed by atoms with Gasteiger partial charge in [-0.1, -0.05) is 94.0 Å². The fraction of sp³-hybridized carbons (Fsp3) is 0.409. The van der Waals surface area contributed by atoms with Gasteiger partial charge in [-0.2, -0.15) is 0 Å². The fourth-order valence-electron chi connectivity index (χ4n) is 2.61. The lowest BCUT2D eigenvalue weighted by atomic mass is 10.0. The van der Waals surface area contributed by atoms with E-state index in [1.165, 1.54) is 37.7 Å². The van der Waals surface area contributed by atoms with E-state index in [-0.39, 0.29) is 0 Å². The molecule has 2 aromatic rings. The first-order valence-electron chi connectivity index (χ1n) is 9.27. The van der Waals surface area contributed by atoms with Gasteiger partial charge in [-0.05, 0) is 18.1 Å². The highest BCUT2D eigenvalue weighted by atomic mass is 16.4. The van der Waals surface area contributed by atoms with E-state index in [0.29, 0.717) is 6.42 Å². The van der Waals surface area contributed by atoms with Crippen LogP contribution in [0, 0.1) is 0 Å². The summed E-state index contributed by atoms with van der Waals surface area (Å²) in [6.45, 7) is 2.20. The number of hydrogen-bond acceptors (Lipinski definition) is 2. The molecule has 0 aromatic heterocycles. The van der Waals surface area contributed by atoms with Crippen LogP contribution in [0.1, 0.15) is 58.3 Å². The van der Waals surface area contributed by atoms with Crippen molar-refractivity contribution in [1.82, 2.24) is 0 Å². The Morgan fingerprint density at radius 2 is 1.40 bits per heavy atom. The minimum absolute atomic E-state index is 0.341. The number of anilines is 1. The number of para-hydroxylation sites is 1. The molecule has 0 atom stereocenters. The van der Waals surface area contributed by atoms with Gasteiger partial charge in [0.05, 0.1) is 0 Å². The molecule has 3 heteroatoms. The first-order valence-corrected chi connectivity index (χ1v) is 9.27. The van der Waals surface area contributed by atoms with E-state index in [1.54, 1.807) is 0 Å². The number of carbonyl (C=O) groups is 1. The minimum Gasteiger partial charge on any atom is -0.481 e. The van der Waals surface area contributed by atoms with Crippen LogP contribution in [0.15, 0.2) is 54.6 Å². The zero-order valence-corrected chi connectivity index (χ0v) is 15.3. The molecule has 0 heterocycles. The highest BCUT2D eigenvalue weighted by molar-refractivity contribution is 5.75. The van der Waals surface area contributed by atoms with E-state index < -0.39 is 5.97 Å². The molecule has 3 N–H and O–H groups in total. The van der Waals surface area contributed by atoms with Gasteiger partial charge in [-0.3, -0.25) is 4.79 Å². The van der Waals surface area contributed by atoms with Crippen molar-refractivity contribution in [2.45, 2.75) is 58.3 Å². The number of rotatable bonds is 9. The van der Waals surface area contributed by atoms with Crippen molar-refractivity contribution >= 4 is 11.7 Å². The predicted molar refractivity (Wildman–Crippen MR) is 107 cm³/mol. The van der Waals surface area contributed by atoms with Crippen LogP contribution in [0.4, 0.5) is 5.69 Å². The van der Waals surface area contributed by atoms with Crippen molar-refractivity contribution in [1.29, 1.82) is 0 Å². The Morgan fingerprint density at radius 1 is 0.840 bits per heavy atom. The molecule has 0 saturated heterocycles. The smallest absolute Gasteiger partial charge is 0.303 e. The number of nitrogens with two attached hydrogens (primary N) is 1. The van der Waals surface area contributed by atoms with Gasteiger partial charge in [0.15, 0.2) is 0 Å². The zero-order valence-electron chi connectivity index (χ0n) is 15.3. The monoisotopic (exact) mass is 341 g/mol. The van der Waals surface area contributed by atoms with Crippen LogP contribution >= 0.6 is 0 Å². The Labute approximate surface area is 151 Å². The van der Waals surface area contributed by atoms with Gasteiger partial charge in [0.1, 0.15) is 0 Å². The maximum absolute atomic E-state index is 10.1. The summed E-state index contributed by atoms with van der Waals surface area (Å²) in [5.74, 6) is -0.663. The second-order valence-electron chi connectivity index (χ2n) is 6.22. The summed E-state index contributed by atoms with van der Waals surface area (Å²) in [6.07, 6.45) is 8.64. The van der Waals surface area contributed by atoms with Crippen molar-refractivity contribution in [2.75, 3.05) is 5.73 Å². The number of unbranched alkanes of at least 4 members (excludes halogenated alkanes) is 6. The van der Waals surface area contributed by atoms with Crippen molar-refractivity contribution in [3.05, 3.63) is 54.6 Å². The predicted octanol–water partition coefficient (Wildman–Crippen LogP) is 6.15. The minimum atomic E-state index is -0.663. The average Bonchev–Trinajstić information content (AvgIpc) is 2.62. The second kappa shape index (κ2) is 13.1. The van der Waals surface area contributed by atoms with Crippen LogP contribution in [-0.4, -0.2) is 11.1 Å². The number of aliphatic carboxylic acids is 1. The van der Waals surface area contributed by atoms with Gasteiger partial charge < -0.3 is 10.8 Å². The van der Waals surface area contributed by atoms with Crippen molar-refractivity contribution < 1.29 is 9.90 Å². The van der Waals surface area contributed by atoms with E-state index >= 15 is 0 Å². The zero-order chi connectivity index (χ0) is 18.3. The van der Waals surface area contributed by atoms with Gasteiger partial charge >= 0.3 is 5.97 Å². The lowest BCUT2D eigenvalue weighted by Crippen LogP contribution is -1.93. The summed E-state index contributed by atoms with van der Waals surface area (Å²) in [4.78, 5) is 10.1. The molecule has 3 nitrogen and oxygen atoms in total. The number of carboxylic acid groups (broad SMARTS) is 1. The molecular formula is C22H31NO2. The lowest BCUT2D eigenvalue weighted by Gasteiger charge is -2.03. The summed E-state index contributed by atoms with van der Waals surface area (Å²) in [6, 6.07) is 18.1. The normalized spacial score (nSPS) is 9.96. The Balaban J connectivity index is 0.000000252. The fourth-order valence-corrected chi connectivity index (χ4v) is 2.61. The number of hydrogen-bond donors (Lipinski definition) is 2. The molecular weight excluding hydrogens is 310 g/mol. The molecule has 0 aliphatic carbocycles. The first-order chi connectivity index (χ1) is 12.1. The van der Waals surface area contributed by atoms with Gasteiger partial charge in [-0.25, -0.2) is 0 Å². The molecule has 0 aliphatic rings. The molecule has 0 spiro atoms. The van der Waals surface area contributed by atoms with E-state index in [0.717, 1.165) is 24.1 Å². The molecule has 0 fully saturated rings. The van der Waals surface area contributed by atoms with Crippen molar-refractivity contribution in [3.63, 3.8) is 0 Å². The summed E-state index contributed by atoms with van der Waals surface area (Å²) in [5.41, 5.74) is 8.95. The first kappa shape index (κ1) is 20.8. The van der Waals surface area contributed by atoms with Crippen LogP contribution in [0.25, 0.3) is 11.1 Å². The molecule has 0 bridgehead atoms. The molecule has 0 radical (unpaired) electrons. The lowest BCUT2D eigenvalue weighted by molar-refractivity contribution is -0.137. The van der Waals surface area contributed by atoms with Crippen LogP contribution in [0.3, 0.4) is 0 Å². The van der Waals surface area contributed by atoms with Crippen LogP contribution in [0.5, 0.6) is 0 Å². The number of carboxylic acids is 1. The Kier molecular flexibility index (Phi) is 10.8. The summed E-state index contributed by atoms with van der Waals surface area (Å²) in [5, 5.41) is 8.35. The number of benzene rings is 2. The van der Waals surface area contributed by atoms with Crippen molar-refractivity contribution in [2.24, 2.45) is 0 Å². The van der Waals surface area contributed by atoms with Crippen LogP contribution in [0.2, 0.25) is 0 Å². The SMILES string of the molecule is CCCCCCCCCC(=O)O.Nc1ccccc1-c1ccccc1. The van der Waals surface area contributed by atoms with Gasteiger partial charge in [0.25, 0.3) is 0 Å². The molecule has 0 unspecified atom stereocenters. The standard InChI is InChI=1S/C12H11N.C10H20O2/c13-12-9-5-4-8-11(12)10-6-2-1-3-7-10;1-2-3-4-5-6-7-8-9-10(11)12/h1-9H,13H2;2-9H2,1H3,(H,11,12). The molecule has 0 aliphatic heterocycles. The van der Waals surface area contributed by atoms with Gasteiger partial charge in [0, 0.05) is 17.7 Å². The summed E-state index contributed by atoms with van der Waals surface area (Å²) < 4.78 is 0. The largest absolute Gasteiger partial charge is 0.481 e. The molecule has 136 valence electrons. The summed E-state index contributed by atoms with van der Waals surface area (Å²) >= 11 is 0. The topological polar surface area (TPSA) is 63.3 Å². The van der Waals surface area contributed by atoms with Gasteiger partial charge in [0.2, 0.25) is 0 Å². The number of nitrogen functional groups attached to an aromatic ring is 1. The van der Waals surface area contributed by atoms with E-state index in [2.05, 4.69) is 19.1 Å². The highest BCUT2D eigenvalue weighted by Gasteiger charge is 1.98. The van der Waals surface area contributed by atoms with Crippen molar-refractivity contribution in [3.8, 4) is 11.1 Å². The quantitative estimate of drug-likeness (QED) is 0.425. The third-order valence-electron chi connectivity index (χ3n) is 4.04. The molecule has 0 saturated carbocycles. The van der Waals surface area contributed by atoms with Crippen LogP contribution in [-0.2, 0) is 4.79 Å². The van der Waals surface area contributed by atoms with Crippen LogP contribution < -0.4 is 5.73 Å². The maximum atomic E-state index is 10.1. The molecule has 2 rings (SSSR count). The second-order valence-corrected chi connectivity index (χ2v) is 6.22.